The van der Waals surface area contributed by atoms with E-state index < -0.39 is 0 Å². The highest BCUT2D eigenvalue weighted by molar-refractivity contribution is 6.42. The lowest BCUT2D eigenvalue weighted by atomic mass is 9.97. The lowest BCUT2D eigenvalue weighted by Crippen LogP contribution is -2.18. The third kappa shape index (κ3) is 2.71. The van der Waals surface area contributed by atoms with E-state index in [1.165, 1.54) is 6.07 Å². The van der Waals surface area contributed by atoms with Crippen molar-refractivity contribution in [2.24, 2.45) is 11.7 Å². The number of nitrogens with one attached hydrogen (secondary N) is 1. The van der Waals surface area contributed by atoms with E-state index in [1.807, 2.05) is 0 Å². The first-order chi connectivity index (χ1) is 8.49. The van der Waals surface area contributed by atoms with Crippen LogP contribution in [0.2, 0.25) is 10.0 Å². The summed E-state index contributed by atoms with van der Waals surface area (Å²) >= 11 is 12.0. The van der Waals surface area contributed by atoms with Crippen molar-refractivity contribution in [2.75, 3.05) is 6.54 Å². The lowest BCUT2D eigenvalue weighted by Gasteiger charge is -2.15. The molecule has 0 bridgehead atoms. The van der Waals surface area contributed by atoms with Gasteiger partial charge in [-0.3, -0.25) is 4.79 Å². The molecule has 98 valence electrons. The van der Waals surface area contributed by atoms with Crippen LogP contribution in [0.25, 0.3) is 0 Å². The largest absolute Gasteiger partial charge is 0.508 e. The van der Waals surface area contributed by atoms with Crippen molar-refractivity contribution in [3.63, 3.8) is 0 Å². The number of carbonyl (C=O) groups excluding carboxylic acids is 1. The molecule has 1 amide bonds. The maximum Gasteiger partial charge on any atom is 0.217 e. The molecule has 1 unspecified atom stereocenters. The van der Waals surface area contributed by atoms with Crippen LogP contribution in [0.3, 0.4) is 0 Å². The molecule has 1 aromatic rings. The van der Waals surface area contributed by atoms with Gasteiger partial charge in [-0.2, -0.15) is 0 Å². The summed E-state index contributed by atoms with van der Waals surface area (Å²) in [5, 5.41) is 13.9. The molecule has 2 rings (SSSR count). The number of hydrogen-bond donors (Lipinski definition) is 3. The first kappa shape index (κ1) is 13.5. The summed E-state index contributed by atoms with van der Waals surface area (Å²) in [6.07, 6.45) is 1.04. The summed E-state index contributed by atoms with van der Waals surface area (Å²) in [5.74, 6) is -0.0348. The molecule has 1 fully saturated rings. The monoisotopic (exact) mass is 288 g/mol. The number of amides is 1. The number of rotatable bonds is 3. The second-order valence-electron chi connectivity index (χ2n) is 4.53. The molecular formula is C12H14Cl2N2O2. The minimum atomic E-state index is -0.316. The zero-order valence-corrected chi connectivity index (χ0v) is 11.1. The molecule has 0 saturated carbocycles. The van der Waals surface area contributed by atoms with Crippen molar-refractivity contribution < 1.29 is 9.90 Å². The predicted octanol–water partition coefficient (Wildman–Crippen LogP) is 2.22. The normalized spacial score (nSPS) is 23.2. The summed E-state index contributed by atoms with van der Waals surface area (Å²) in [6, 6.07) is 2.98. The number of nitrogens with two attached hydrogens (primary N) is 1. The molecule has 1 aliphatic rings. The van der Waals surface area contributed by atoms with E-state index in [4.69, 9.17) is 28.9 Å². The lowest BCUT2D eigenvalue weighted by molar-refractivity contribution is -0.118. The van der Waals surface area contributed by atoms with Gasteiger partial charge in [0.15, 0.2) is 0 Å². The van der Waals surface area contributed by atoms with Gasteiger partial charge < -0.3 is 16.2 Å². The number of halogens is 2. The van der Waals surface area contributed by atoms with Crippen LogP contribution in [0.5, 0.6) is 5.75 Å². The number of carbonyl (C=O) groups is 1. The van der Waals surface area contributed by atoms with Crippen LogP contribution >= 0.6 is 23.2 Å². The van der Waals surface area contributed by atoms with Gasteiger partial charge in [0.1, 0.15) is 5.75 Å². The highest BCUT2D eigenvalue weighted by Gasteiger charge is 2.30. The second-order valence-corrected chi connectivity index (χ2v) is 5.31. The average Bonchev–Trinajstić information content (AvgIpc) is 2.71. The summed E-state index contributed by atoms with van der Waals surface area (Å²) in [4.78, 5) is 10.9. The van der Waals surface area contributed by atoms with Crippen LogP contribution in [0.1, 0.15) is 24.4 Å². The third-order valence-corrected chi connectivity index (χ3v) is 3.99. The molecule has 2 atom stereocenters. The van der Waals surface area contributed by atoms with Crippen molar-refractivity contribution in [3.8, 4) is 5.75 Å². The summed E-state index contributed by atoms with van der Waals surface area (Å²) < 4.78 is 0. The Morgan fingerprint density at radius 2 is 2.22 bits per heavy atom. The quantitative estimate of drug-likeness (QED) is 0.798. The van der Waals surface area contributed by atoms with E-state index in [0.29, 0.717) is 35.0 Å². The Morgan fingerprint density at radius 3 is 2.89 bits per heavy atom. The molecule has 1 aromatic carbocycles. The molecule has 0 radical (unpaired) electrons. The SMILES string of the molecule is NC(=O)CC1CN[C@@H](c2c(O)ccc(Cl)c2Cl)C1. The van der Waals surface area contributed by atoms with Crippen molar-refractivity contribution in [3.05, 3.63) is 27.7 Å². The molecule has 4 N–H and O–H groups in total. The fourth-order valence-electron chi connectivity index (χ4n) is 2.36. The van der Waals surface area contributed by atoms with Gasteiger partial charge in [-0.15, -0.1) is 0 Å². The maximum atomic E-state index is 10.9. The van der Waals surface area contributed by atoms with Gasteiger partial charge in [-0.1, -0.05) is 23.2 Å². The Labute approximate surface area is 115 Å². The van der Waals surface area contributed by atoms with Gasteiger partial charge in [0, 0.05) is 18.0 Å². The molecular weight excluding hydrogens is 275 g/mol. The van der Waals surface area contributed by atoms with E-state index in [1.54, 1.807) is 6.07 Å². The summed E-state index contributed by atoms with van der Waals surface area (Å²) in [5.41, 5.74) is 5.77. The third-order valence-electron chi connectivity index (χ3n) is 3.17. The molecule has 0 aromatic heterocycles. The van der Waals surface area contributed by atoms with Gasteiger partial charge in [0.25, 0.3) is 0 Å². The highest BCUT2D eigenvalue weighted by atomic mass is 35.5. The number of hydrogen-bond acceptors (Lipinski definition) is 3. The number of aromatic hydroxyl groups is 1. The average molecular weight is 289 g/mol. The molecule has 1 heterocycles. The van der Waals surface area contributed by atoms with Gasteiger partial charge in [-0.05, 0) is 31.0 Å². The molecule has 4 nitrogen and oxygen atoms in total. The van der Waals surface area contributed by atoms with Crippen molar-refractivity contribution in [2.45, 2.75) is 18.9 Å². The summed E-state index contributed by atoms with van der Waals surface area (Å²) in [6.45, 7) is 0.676. The Bertz CT molecular complexity index is 479. The van der Waals surface area contributed by atoms with Crippen molar-refractivity contribution >= 4 is 29.1 Å². The van der Waals surface area contributed by atoms with Crippen LogP contribution in [-0.2, 0) is 4.79 Å². The zero-order chi connectivity index (χ0) is 13.3. The minimum Gasteiger partial charge on any atom is -0.508 e. The molecule has 1 saturated heterocycles. The van der Waals surface area contributed by atoms with Crippen molar-refractivity contribution in [1.29, 1.82) is 0 Å². The van der Waals surface area contributed by atoms with Gasteiger partial charge >= 0.3 is 0 Å². The fourth-order valence-corrected chi connectivity index (χ4v) is 2.81. The van der Waals surface area contributed by atoms with E-state index in [-0.39, 0.29) is 23.6 Å². The molecule has 18 heavy (non-hydrogen) atoms. The fraction of sp³-hybridized carbons (Fsp3) is 0.417. The number of benzene rings is 1. The number of phenols is 1. The van der Waals surface area contributed by atoms with E-state index in [9.17, 15) is 9.90 Å². The minimum absolute atomic E-state index is 0.0967. The standard InChI is InChI=1S/C12H14Cl2N2O2/c13-7-1-2-9(17)11(12(7)14)8-3-6(5-16-8)4-10(15)18/h1-2,6,8,16-17H,3-5H2,(H2,15,18)/t6?,8-/m1/s1. The number of primary amides is 1. The smallest absolute Gasteiger partial charge is 0.217 e. The Kier molecular flexibility index (Phi) is 4.00. The molecule has 6 heteroatoms. The van der Waals surface area contributed by atoms with Crippen LogP contribution in [0.15, 0.2) is 12.1 Å². The topological polar surface area (TPSA) is 75.4 Å². The van der Waals surface area contributed by atoms with E-state index in [2.05, 4.69) is 5.32 Å². The Hall–Kier alpha value is -0.970. The first-order valence-electron chi connectivity index (χ1n) is 5.67. The van der Waals surface area contributed by atoms with E-state index in [0.717, 1.165) is 0 Å². The van der Waals surface area contributed by atoms with E-state index >= 15 is 0 Å². The zero-order valence-electron chi connectivity index (χ0n) is 9.62. The van der Waals surface area contributed by atoms with Crippen molar-refractivity contribution in [1.82, 2.24) is 5.32 Å². The van der Waals surface area contributed by atoms with Crippen LogP contribution < -0.4 is 11.1 Å². The van der Waals surface area contributed by atoms with Gasteiger partial charge in [-0.25, -0.2) is 0 Å². The maximum absolute atomic E-state index is 10.9. The van der Waals surface area contributed by atoms with Crippen LogP contribution in [0, 0.1) is 5.92 Å². The Balaban J connectivity index is 2.19. The van der Waals surface area contributed by atoms with Crippen LogP contribution in [0.4, 0.5) is 0 Å². The molecule has 0 aliphatic carbocycles. The number of phenolic OH excluding ortho intramolecular Hbond substituents is 1. The Morgan fingerprint density at radius 1 is 1.50 bits per heavy atom. The molecule has 1 aliphatic heterocycles. The second kappa shape index (κ2) is 5.34. The molecule has 0 spiro atoms. The highest BCUT2D eigenvalue weighted by Crippen LogP contribution is 2.41. The summed E-state index contributed by atoms with van der Waals surface area (Å²) in [7, 11) is 0. The van der Waals surface area contributed by atoms with Crippen LogP contribution in [-0.4, -0.2) is 17.6 Å². The first-order valence-corrected chi connectivity index (χ1v) is 6.43. The predicted molar refractivity (Wildman–Crippen MR) is 70.8 cm³/mol. The van der Waals surface area contributed by atoms with Gasteiger partial charge in [0.05, 0.1) is 10.0 Å². The van der Waals surface area contributed by atoms with Gasteiger partial charge in [0.2, 0.25) is 5.91 Å².